The molecule has 0 amide bonds. The molecular formula is C11H9N3O4S. The summed E-state index contributed by atoms with van der Waals surface area (Å²) in [6.45, 7) is 0.299. The maximum atomic E-state index is 10.9. The van der Waals surface area contributed by atoms with Crippen LogP contribution in [0.4, 0.5) is 11.4 Å². The van der Waals surface area contributed by atoms with E-state index in [2.05, 4.69) is 10.3 Å². The zero-order valence-electron chi connectivity index (χ0n) is 9.57. The molecule has 1 heterocycles. The molecule has 0 radical (unpaired) electrons. The van der Waals surface area contributed by atoms with Gasteiger partial charge in [-0.1, -0.05) is 0 Å². The second kappa shape index (κ2) is 5.44. The lowest BCUT2D eigenvalue weighted by Crippen LogP contribution is -2.05. The summed E-state index contributed by atoms with van der Waals surface area (Å²) in [4.78, 5) is 25.2. The van der Waals surface area contributed by atoms with Crippen molar-refractivity contribution in [2.75, 3.05) is 5.32 Å². The maximum absolute atomic E-state index is 10.9. The number of aromatic nitrogens is 1. The van der Waals surface area contributed by atoms with Crippen LogP contribution in [0.5, 0.6) is 0 Å². The first-order valence-corrected chi connectivity index (χ1v) is 6.15. The standard InChI is InChI=1S/C11H9N3O4S/c15-11(16)7-1-2-10(14(17)18)9(3-7)12-4-8-5-19-6-13-8/h1-3,5-6,12H,4H2,(H,15,16). The number of hydrogen-bond acceptors (Lipinski definition) is 6. The third-order valence-corrected chi connectivity index (χ3v) is 3.02. The van der Waals surface area contributed by atoms with Gasteiger partial charge in [-0.3, -0.25) is 10.1 Å². The highest BCUT2D eigenvalue weighted by molar-refractivity contribution is 7.07. The SMILES string of the molecule is O=C(O)c1ccc([N+](=O)[O-])c(NCc2cscn2)c1. The molecule has 19 heavy (non-hydrogen) atoms. The van der Waals surface area contributed by atoms with E-state index in [1.54, 1.807) is 10.9 Å². The number of carboxylic acids is 1. The normalized spacial score (nSPS) is 10.1. The number of rotatable bonds is 5. The van der Waals surface area contributed by atoms with E-state index in [1.165, 1.54) is 29.5 Å². The van der Waals surface area contributed by atoms with Crippen molar-refractivity contribution in [3.63, 3.8) is 0 Å². The number of carboxylic acid groups (broad SMARTS) is 1. The molecule has 1 aromatic heterocycles. The second-order valence-corrected chi connectivity index (χ2v) is 4.35. The van der Waals surface area contributed by atoms with Gasteiger partial charge in [-0.15, -0.1) is 11.3 Å². The van der Waals surface area contributed by atoms with Crippen LogP contribution in [0.2, 0.25) is 0 Å². The summed E-state index contributed by atoms with van der Waals surface area (Å²) < 4.78 is 0. The minimum absolute atomic E-state index is 0.00798. The number of anilines is 1. The lowest BCUT2D eigenvalue weighted by molar-refractivity contribution is -0.384. The third kappa shape index (κ3) is 3.05. The fourth-order valence-corrected chi connectivity index (χ4v) is 2.04. The number of nitrogens with one attached hydrogen (secondary N) is 1. The predicted octanol–water partition coefficient (Wildman–Crippen LogP) is 2.36. The number of nitro benzene ring substituents is 1. The highest BCUT2D eigenvalue weighted by Gasteiger charge is 2.16. The van der Waals surface area contributed by atoms with Gasteiger partial charge in [0.25, 0.3) is 5.69 Å². The van der Waals surface area contributed by atoms with Crippen LogP contribution in [0.3, 0.4) is 0 Å². The van der Waals surface area contributed by atoms with Gasteiger partial charge in [0.15, 0.2) is 0 Å². The van der Waals surface area contributed by atoms with Crippen LogP contribution in [-0.4, -0.2) is 21.0 Å². The highest BCUT2D eigenvalue weighted by Crippen LogP contribution is 2.26. The molecule has 0 aliphatic carbocycles. The summed E-state index contributed by atoms with van der Waals surface area (Å²) in [6.07, 6.45) is 0. The molecule has 1 aromatic carbocycles. The highest BCUT2D eigenvalue weighted by atomic mass is 32.1. The van der Waals surface area contributed by atoms with Crippen molar-refractivity contribution in [2.45, 2.75) is 6.54 Å². The number of aromatic carboxylic acids is 1. The fraction of sp³-hybridized carbons (Fsp3) is 0.0909. The summed E-state index contributed by atoms with van der Waals surface area (Å²) in [5.41, 5.74) is 2.38. The molecule has 0 aliphatic heterocycles. The molecule has 2 N–H and O–H groups in total. The number of nitro groups is 1. The summed E-state index contributed by atoms with van der Waals surface area (Å²) >= 11 is 1.41. The minimum Gasteiger partial charge on any atom is -0.478 e. The number of benzene rings is 1. The maximum Gasteiger partial charge on any atom is 0.335 e. The van der Waals surface area contributed by atoms with Crippen molar-refractivity contribution in [3.05, 3.63) is 50.5 Å². The lowest BCUT2D eigenvalue weighted by Gasteiger charge is -2.06. The first-order valence-electron chi connectivity index (χ1n) is 5.20. The first kappa shape index (κ1) is 13.0. The van der Waals surface area contributed by atoms with E-state index in [-0.39, 0.29) is 16.9 Å². The first-order chi connectivity index (χ1) is 9.08. The molecule has 98 valence electrons. The Balaban J connectivity index is 2.27. The van der Waals surface area contributed by atoms with E-state index in [0.717, 1.165) is 5.69 Å². The van der Waals surface area contributed by atoms with Crippen LogP contribution in [-0.2, 0) is 6.54 Å². The number of hydrogen-bond donors (Lipinski definition) is 2. The van der Waals surface area contributed by atoms with E-state index in [0.29, 0.717) is 6.54 Å². The van der Waals surface area contributed by atoms with Crippen molar-refractivity contribution >= 4 is 28.7 Å². The molecule has 0 atom stereocenters. The monoisotopic (exact) mass is 279 g/mol. The van der Waals surface area contributed by atoms with Crippen LogP contribution in [0.25, 0.3) is 0 Å². The summed E-state index contributed by atoms with van der Waals surface area (Å²) in [5, 5.41) is 24.4. The van der Waals surface area contributed by atoms with Gasteiger partial charge in [-0.05, 0) is 12.1 Å². The van der Waals surface area contributed by atoms with Crippen LogP contribution in [0.15, 0.2) is 29.1 Å². The van der Waals surface area contributed by atoms with Crippen molar-refractivity contribution in [2.24, 2.45) is 0 Å². The Morgan fingerprint density at radius 3 is 2.89 bits per heavy atom. The Kier molecular flexibility index (Phi) is 3.71. The van der Waals surface area contributed by atoms with Crippen LogP contribution < -0.4 is 5.32 Å². The Bertz CT molecular complexity index is 612. The predicted molar refractivity (Wildman–Crippen MR) is 69.5 cm³/mol. The Hall–Kier alpha value is -2.48. The van der Waals surface area contributed by atoms with Gasteiger partial charge >= 0.3 is 5.97 Å². The third-order valence-electron chi connectivity index (χ3n) is 2.38. The topological polar surface area (TPSA) is 105 Å². The van der Waals surface area contributed by atoms with E-state index >= 15 is 0 Å². The molecule has 7 nitrogen and oxygen atoms in total. The lowest BCUT2D eigenvalue weighted by atomic mass is 10.1. The molecule has 0 bridgehead atoms. The minimum atomic E-state index is -1.13. The number of thiazole rings is 1. The Morgan fingerprint density at radius 2 is 2.32 bits per heavy atom. The molecular weight excluding hydrogens is 270 g/mol. The van der Waals surface area contributed by atoms with Gasteiger partial charge in [0.2, 0.25) is 0 Å². The summed E-state index contributed by atoms with van der Waals surface area (Å²) in [5.74, 6) is -1.13. The smallest absolute Gasteiger partial charge is 0.335 e. The van der Waals surface area contributed by atoms with Crippen molar-refractivity contribution in [1.82, 2.24) is 4.98 Å². The van der Waals surface area contributed by atoms with Crippen molar-refractivity contribution < 1.29 is 14.8 Å². The Labute approximate surface area is 111 Å². The van der Waals surface area contributed by atoms with E-state index in [1.807, 2.05) is 0 Å². The number of nitrogens with zero attached hydrogens (tertiary/aromatic N) is 2. The van der Waals surface area contributed by atoms with Crippen molar-refractivity contribution in [1.29, 1.82) is 0 Å². The molecule has 2 rings (SSSR count). The van der Waals surface area contributed by atoms with Crippen LogP contribution >= 0.6 is 11.3 Å². The van der Waals surface area contributed by atoms with Gasteiger partial charge in [-0.25, -0.2) is 9.78 Å². The van der Waals surface area contributed by atoms with Crippen molar-refractivity contribution in [3.8, 4) is 0 Å². The molecule has 8 heteroatoms. The molecule has 0 spiro atoms. The van der Waals surface area contributed by atoms with Gasteiger partial charge in [0, 0.05) is 11.4 Å². The van der Waals surface area contributed by atoms with E-state index < -0.39 is 10.9 Å². The van der Waals surface area contributed by atoms with Crippen LogP contribution in [0, 0.1) is 10.1 Å². The summed E-state index contributed by atoms with van der Waals surface area (Å²) in [7, 11) is 0. The molecule has 0 fully saturated rings. The quantitative estimate of drug-likeness (QED) is 0.643. The van der Waals surface area contributed by atoms with E-state index in [4.69, 9.17) is 5.11 Å². The fourth-order valence-electron chi connectivity index (χ4n) is 1.48. The molecule has 0 saturated carbocycles. The summed E-state index contributed by atoms with van der Waals surface area (Å²) in [6, 6.07) is 3.62. The Morgan fingerprint density at radius 1 is 1.53 bits per heavy atom. The zero-order chi connectivity index (χ0) is 13.8. The average Bonchev–Trinajstić information content (AvgIpc) is 2.88. The van der Waals surface area contributed by atoms with Gasteiger partial charge in [-0.2, -0.15) is 0 Å². The molecule has 2 aromatic rings. The van der Waals surface area contributed by atoms with E-state index in [9.17, 15) is 14.9 Å². The van der Waals surface area contributed by atoms with Gasteiger partial charge < -0.3 is 10.4 Å². The van der Waals surface area contributed by atoms with Crippen LogP contribution in [0.1, 0.15) is 16.1 Å². The van der Waals surface area contributed by atoms with Gasteiger partial charge in [0.05, 0.1) is 28.2 Å². The van der Waals surface area contributed by atoms with Gasteiger partial charge in [0.1, 0.15) is 5.69 Å². The molecule has 0 aliphatic rings. The zero-order valence-corrected chi connectivity index (χ0v) is 10.4. The number of carbonyl (C=O) groups is 1. The molecule has 0 unspecified atom stereocenters. The average molecular weight is 279 g/mol. The second-order valence-electron chi connectivity index (χ2n) is 3.63. The largest absolute Gasteiger partial charge is 0.478 e. The molecule has 0 saturated heterocycles.